The molecule has 0 aliphatic carbocycles. The number of hydrazine groups is 1. The van der Waals surface area contributed by atoms with Crippen LogP contribution < -0.4 is 11.3 Å². The summed E-state index contributed by atoms with van der Waals surface area (Å²) in [5.41, 5.74) is 5.39. The lowest BCUT2D eigenvalue weighted by Crippen LogP contribution is -2.30. The molecule has 0 saturated carbocycles. The molecule has 0 aliphatic heterocycles. The third kappa shape index (κ3) is 2.51. The van der Waals surface area contributed by atoms with Crippen molar-refractivity contribution in [1.82, 2.24) is 14.8 Å². The first-order valence-electron chi connectivity index (χ1n) is 6.35. The zero-order valence-corrected chi connectivity index (χ0v) is 12.2. The zero-order valence-electron chi connectivity index (χ0n) is 11.4. The maximum atomic E-state index is 11.6. The van der Waals surface area contributed by atoms with E-state index in [2.05, 4.69) is 22.5 Å². The molecule has 3 aromatic rings. The van der Waals surface area contributed by atoms with Crippen molar-refractivity contribution in [2.75, 3.05) is 6.26 Å². The van der Waals surface area contributed by atoms with Crippen LogP contribution in [-0.4, -0.2) is 21.5 Å². The van der Waals surface area contributed by atoms with E-state index in [0.29, 0.717) is 5.56 Å². The van der Waals surface area contributed by atoms with Crippen LogP contribution in [0.15, 0.2) is 53.7 Å². The highest BCUT2D eigenvalue weighted by Crippen LogP contribution is 2.24. The van der Waals surface area contributed by atoms with E-state index >= 15 is 0 Å². The number of nitrogens with zero attached hydrogens (tertiary/aromatic N) is 2. The Morgan fingerprint density at radius 1 is 1.24 bits per heavy atom. The monoisotopic (exact) mass is 298 g/mol. The minimum absolute atomic E-state index is 0.325. The number of rotatable bonds is 3. The first-order chi connectivity index (χ1) is 10.2. The zero-order chi connectivity index (χ0) is 14.8. The van der Waals surface area contributed by atoms with Crippen LogP contribution in [0, 0.1) is 0 Å². The minimum Gasteiger partial charge on any atom is -0.299 e. The molecule has 0 bridgehead atoms. The van der Waals surface area contributed by atoms with Crippen LogP contribution in [0.5, 0.6) is 0 Å². The van der Waals surface area contributed by atoms with Crippen molar-refractivity contribution in [3.05, 3.63) is 54.4 Å². The lowest BCUT2D eigenvalue weighted by atomic mass is 10.1. The number of nitrogen functional groups attached to an aromatic ring is 1. The molecule has 0 aliphatic rings. The first-order valence-corrected chi connectivity index (χ1v) is 7.58. The van der Waals surface area contributed by atoms with Crippen molar-refractivity contribution >= 4 is 23.3 Å². The number of benzene rings is 1. The standard InChI is InChI=1S/C15H14N4OS/c1-21-12-5-2-10(3-6-12)13-8-17-14-7-4-11(9-19(13)14)15(20)18-16/h2-9H,16H2,1H3,(H,18,20). The predicted octanol–water partition coefficient (Wildman–Crippen LogP) is 2.33. The molecule has 0 fully saturated rings. The van der Waals surface area contributed by atoms with Gasteiger partial charge in [0.05, 0.1) is 17.5 Å². The predicted molar refractivity (Wildman–Crippen MR) is 84.1 cm³/mol. The Kier molecular flexibility index (Phi) is 3.64. The lowest BCUT2D eigenvalue weighted by molar-refractivity contribution is 0.0953. The van der Waals surface area contributed by atoms with Gasteiger partial charge in [-0.2, -0.15) is 0 Å². The first kappa shape index (κ1) is 13.7. The number of aromatic nitrogens is 2. The number of fused-ring (bicyclic) bond motifs is 1. The molecule has 3 rings (SSSR count). The molecule has 0 saturated heterocycles. The van der Waals surface area contributed by atoms with Gasteiger partial charge in [-0.05, 0) is 30.5 Å². The molecular formula is C15H14N4OS. The molecule has 2 heterocycles. The van der Waals surface area contributed by atoms with Gasteiger partial charge in [0.1, 0.15) is 5.65 Å². The van der Waals surface area contributed by atoms with Crippen molar-refractivity contribution in [3.63, 3.8) is 0 Å². The molecule has 0 unspecified atom stereocenters. The molecule has 3 N–H and O–H groups in total. The Balaban J connectivity index is 2.11. The van der Waals surface area contributed by atoms with E-state index in [1.807, 2.05) is 22.8 Å². The summed E-state index contributed by atoms with van der Waals surface area (Å²) in [5, 5.41) is 0. The SMILES string of the molecule is CSc1ccc(-c2cnc3ccc(C(=O)NN)cn23)cc1. The average molecular weight is 298 g/mol. The van der Waals surface area contributed by atoms with Gasteiger partial charge in [-0.1, -0.05) is 12.1 Å². The number of amides is 1. The molecule has 0 radical (unpaired) electrons. The Hall–Kier alpha value is -2.31. The van der Waals surface area contributed by atoms with Crippen LogP contribution in [0.2, 0.25) is 0 Å². The van der Waals surface area contributed by atoms with E-state index < -0.39 is 0 Å². The molecular weight excluding hydrogens is 284 g/mol. The van der Waals surface area contributed by atoms with Gasteiger partial charge in [0.2, 0.25) is 0 Å². The average Bonchev–Trinajstić information content (AvgIpc) is 2.97. The normalized spacial score (nSPS) is 10.8. The largest absolute Gasteiger partial charge is 0.299 e. The lowest BCUT2D eigenvalue weighted by Gasteiger charge is -2.05. The second-order valence-electron chi connectivity index (χ2n) is 4.49. The number of nitrogens with two attached hydrogens (primary N) is 1. The molecule has 0 spiro atoms. The Bertz CT molecular complexity index is 795. The molecule has 106 valence electrons. The Morgan fingerprint density at radius 2 is 2.00 bits per heavy atom. The topological polar surface area (TPSA) is 72.4 Å². The van der Waals surface area contributed by atoms with Gasteiger partial charge < -0.3 is 0 Å². The van der Waals surface area contributed by atoms with Crippen LogP contribution in [0.4, 0.5) is 0 Å². The van der Waals surface area contributed by atoms with Crippen LogP contribution in [-0.2, 0) is 0 Å². The van der Waals surface area contributed by atoms with Crippen molar-refractivity contribution in [2.24, 2.45) is 5.84 Å². The van der Waals surface area contributed by atoms with Crippen molar-refractivity contribution in [1.29, 1.82) is 0 Å². The molecule has 0 atom stereocenters. The van der Waals surface area contributed by atoms with Crippen LogP contribution in [0.1, 0.15) is 10.4 Å². The van der Waals surface area contributed by atoms with Gasteiger partial charge >= 0.3 is 0 Å². The molecule has 1 aromatic carbocycles. The summed E-state index contributed by atoms with van der Waals surface area (Å²) >= 11 is 1.70. The van der Waals surface area contributed by atoms with Crippen molar-refractivity contribution in [2.45, 2.75) is 4.90 Å². The highest BCUT2D eigenvalue weighted by Gasteiger charge is 2.09. The summed E-state index contributed by atoms with van der Waals surface area (Å²) in [7, 11) is 0. The number of carbonyl (C=O) groups excluding carboxylic acids is 1. The van der Waals surface area contributed by atoms with Crippen LogP contribution in [0.25, 0.3) is 16.9 Å². The second kappa shape index (κ2) is 5.59. The van der Waals surface area contributed by atoms with E-state index in [9.17, 15) is 4.79 Å². The van der Waals surface area contributed by atoms with Gasteiger partial charge in [0, 0.05) is 16.7 Å². The van der Waals surface area contributed by atoms with Gasteiger partial charge in [0.15, 0.2) is 0 Å². The fraction of sp³-hybridized carbons (Fsp3) is 0.0667. The summed E-state index contributed by atoms with van der Waals surface area (Å²) < 4.78 is 1.89. The summed E-state index contributed by atoms with van der Waals surface area (Å²) in [6, 6.07) is 11.7. The Morgan fingerprint density at radius 3 is 2.67 bits per heavy atom. The highest BCUT2D eigenvalue weighted by atomic mass is 32.2. The number of nitrogens with one attached hydrogen (secondary N) is 1. The van der Waals surface area contributed by atoms with Gasteiger partial charge in [-0.25, -0.2) is 10.8 Å². The number of hydrogen-bond acceptors (Lipinski definition) is 4. The van der Waals surface area contributed by atoms with Gasteiger partial charge in [-0.3, -0.25) is 14.6 Å². The maximum absolute atomic E-state index is 11.6. The van der Waals surface area contributed by atoms with E-state index in [4.69, 9.17) is 5.84 Å². The fourth-order valence-electron chi connectivity index (χ4n) is 2.17. The van der Waals surface area contributed by atoms with Gasteiger partial charge in [-0.15, -0.1) is 11.8 Å². The summed E-state index contributed by atoms with van der Waals surface area (Å²) in [6.45, 7) is 0. The van der Waals surface area contributed by atoms with E-state index in [-0.39, 0.29) is 5.91 Å². The number of hydrogen-bond donors (Lipinski definition) is 2. The van der Waals surface area contributed by atoms with E-state index in [0.717, 1.165) is 16.9 Å². The second-order valence-corrected chi connectivity index (χ2v) is 5.37. The minimum atomic E-state index is -0.325. The molecule has 21 heavy (non-hydrogen) atoms. The third-order valence-corrected chi connectivity index (χ3v) is 4.03. The van der Waals surface area contributed by atoms with E-state index in [1.165, 1.54) is 4.90 Å². The molecule has 1 amide bonds. The summed E-state index contributed by atoms with van der Waals surface area (Å²) in [5.74, 6) is 4.85. The van der Waals surface area contributed by atoms with Crippen LogP contribution >= 0.6 is 11.8 Å². The Labute approximate surface area is 126 Å². The maximum Gasteiger partial charge on any atom is 0.266 e. The van der Waals surface area contributed by atoms with Crippen molar-refractivity contribution in [3.8, 4) is 11.3 Å². The quantitative estimate of drug-likeness (QED) is 0.337. The molecule has 6 heteroatoms. The third-order valence-electron chi connectivity index (χ3n) is 3.28. The highest BCUT2D eigenvalue weighted by molar-refractivity contribution is 7.98. The van der Waals surface area contributed by atoms with E-state index in [1.54, 1.807) is 36.3 Å². The summed E-state index contributed by atoms with van der Waals surface area (Å²) in [4.78, 5) is 17.2. The number of carbonyl (C=O) groups is 1. The number of pyridine rings is 1. The van der Waals surface area contributed by atoms with Crippen LogP contribution in [0.3, 0.4) is 0 Å². The fourth-order valence-corrected chi connectivity index (χ4v) is 2.58. The number of thioether (sulfide) groups is 1. The molecule has 5 nitrogen and oxygen atoms in total. The summed E-state index contributed by atoms with van der Waals surface area (Å²) in [6.07, 6.45) is 5.58. The molecule has 2 aromatic heterocycles. The number of imidazole rings is 1. The van der Waals surface area contributed by atoms with Crippen molar-refractivity contribution < 1.29 is 4.79 Å². The van der Waals surface area contributed by atoms with Gasteiger partial charge in [0.25, 0.3) is 5.91 Å². The smallest absolute Gasteiger partial charge is 0.266 e.